The van der Waals surface area contributed by atoms with Crippen molar-refractivity contribution in [3.05, 3.63) is 89.5 Å². The number of carboxylic acids is 1. The number of anilines is 1. The summed E-state index contributed by atoms with van der Waals surface area (Å²) in [5, 5.41) is 12.7. The van der Waals surface area contributed by atoms with E-state index in [1.54, 1.807) is 31.4 Å². The summed E-state index contributed by atoms with van der Waals surface area (Å²) in [5.74, 6) is -0.319. The van der Waals surface area contributed by atoms with E-state index in [0.717, 1.165) is 16.8 Å². The molecule has 1 aliphatic rings. The van der Waals surface area contributed by atoms with Crippen molar-refractivity contribution in [3.63, 3.8) is 0 Å². The Bertz CT molecular complexity index is 1080. The Hall–Kier alpha value is -3.80. The van der Waals surface area contributed by atoms with Gasteiger partial charge in [0.05, 0.1) is 19.6 Å². The first-order valence-corrected chi connectivity index (χ1v) is 10.0. The number of ketones is 1. The Morgan fingerprint density at radius 3 is 2.35 bits per heavy atom. The molecule has 0 saturated carbocycles. The van der Waals surface area contributed by atoms with Crippen LogP contribution < -0.4 is 14.8 Å². The zero-order valence-electron chi connectivity index (χ0n) is 17.1. The number of carboxylic acid groups (broad SMARTS) is 1. The molecule has 3 aromatic rings. The number of carbonyl (C=O) groups is 2. The lowest BCUT2D eigenvalue weighted by atomic mass is 9.87. The molecule has 4 rings (SSSR count). The Kier molecular flexibility index (Phi) is 5.89. The maximum atomic E-state index is 13.2. The van der Waals surface area contributed by atoms with Crippen LogP contribution in [0.1, 0.15) is 33.8 Å². The van der Waals surface area contributed by atoms with Crippen molar-refractivity contribution in [2.45, 2.75) is 25.0 Å². The minimum atomic E-state index is -0.956. The van der Waals surface area contributed by atoms with Crippen LogP contribution in [0.2, 0.25) is 0 Å². The lowest BCUT2D eigenvalue weighted by Gasteiger charge is -2.18. The monoisotopic (exact) mass is 417 g/mol. The molecule has 1 heterocycles. The second kappa shape index (κ2) is 8.92. The van der Waals surface area contributed by atoms with Gasteiger partial charge >= 0.3 is 5.97 Å². The molecule has 0 aliphatic carbocycles. The standard InChI is InChI=1S/C25H23NO5/c1-30-18-9-7-17(8-10-18)25(29)24-21(14-23(27)28)20-13-19(11-12-22(20)26-24)31-15-16-5-3-2-4-6-16/h2-13,21,24,26H,14-15H2,1H3,(H,27,28). The fourth-order valence-electron chi connectivity index (χ4n) is 3.86. The van der Waals surface area contributed by atoms with Crippen molar-refractivity contribution in [2.24, 2.45) is 0 Å². The quantitative estimate of drug-likeness (QED) is 0.525. The highest BCUT2D eigenvalue weighted by Crippen LogP contribution is 2.41. The Labute approximate surface area is 180 Å². The molecule has 0 radical (unpaired) electrons. The number of nitrogens with one attached hydrogen (secondary N) is 1. The molecule has 0 saturated heterocycles. The third-order valence-electron chi connectivity index (χ3n) is 5.44. The van der Waals surface area contributed by atoms with Crippen LogP contribution in [-0.4, -0.2) is 30.0 Å². The van der Waals surface area contributed by atoms with Gasteiger partial charge < -0.3 is 19.9 Å². The fourth-order valence-corrected chi connectivity index (χ4v) is 3.86. The highest BCUT2D eigenvalue weighted by molar-refractivity contribution is 6.04. The van der Waals surface area contributed by atoms with Crippen LogP contribution in [0, 0.1) is 0 Å². The SMILES string of the molecule is COc1ccc(C(=O)C2Nc3ccc(OCc4ccccc4)cc3C2CC(=O)O)cc1. The maximum absolute atomic E-state index is 13.2. The third-order valence-corrected chi connectivity index (χ3v) is 5.44. The van der Waals surface area contributed by atoms with Crippen LogP contribution in [-0.2, 0) is 11.4 Å². The minimum Gasteiger partial charge on any atom is -0.497 e. The zero-order valence-corrected chi connectivity index (χ0v) is 17.1. The molecule has 0 fully saturated rings. The summed E-state index contributed by atoms with van der Waals surface area (Å²) in [6, 6.07) is 21.5. The van der Waals surface area contributed by atoms with Crippen LogP contribution in [0.15, 0.2) is 72.8 Å². The smallest absolute Gasteiger partial charge is 0.304 e. The fraction of sp³-hybridized carbons (Fsp3) is 0.200. The Balaban J connectivity index is 1.57. The van der Waals surface area contributed by atoms with Gasteiger partial charge in [-0.3, -0.25) is 9.59 Å². The normalized spacial score (nSPS) is 16.8. The molecule has 0 spiro atoms. The third kappa shape index (κ3) is 4.53. The molecule has 2 unspecified atom stereocenters. The molecular weight excluding hydrogens is 394 g/mol. The number of hydrogen-bond donors (Lipinski definition) is 2. The highest BCUT2D eigenvalue weighted by atomic mass is 16.5. The summed E-state index contributed by atoms with van der Waals surface area (Å²) in [5.41, 5.74) is 3.07. The van der Waals surface area contributed by atoms with Crippen LogP contribution in [0.3, 0.4) is 0 Å². The molecule has 0 aromatic heterocycles. The molecular formula is C25H23NO5. The highest BCUT2D eigenvalue weighted by Gasteiger charge is 2.38. The summed E-state index contributed by atoms with van der Waals surface area (Å²) >= 11 is 0. The van der Waals surface area contributed by atoms with E-state index in [9.17, 15) is 14.7 Å². The van der Waals surface area contributed by atoms with Crippen LogP contribution in [0.5, 0.6) is 11.5 Å². The molecule has 0 bridgehead atoms. The maximum Gasteiger partial charge on any atom is 0.304 e. The summed E-state index contributed by atoms with van der Waals surface area (Å²) in [6.07, 6.45) is -0.158. The van der Waals surface area contributed by atoms with Crippen molar-refractivity contribution in [1.82, 2.24) is 0 Å². The van der Waals surface area contributed by atoms with Gasteiger partial charge in [-0.15, -0.1) is 0 Å². The second-order valence-electron chi connectivity index (χ2n) is 7.44. The first-order valence-electron chi connectivity index (χ1n) is 10.0. The van der Waals surface area contributed by atoms with E-state index >= 15 is 0 Å². The lowest BCUT2D eigenvalue weighted by molar-refractivity contribution is -0.137. The number of benzene rings is 3. The van der Waals surface area contributed by atoms with Crippen LogP contribution in [0.25, 0.3) is 0 Å². The van der Waals surface area contributed by atoms with Gasteiger partial charge in [0.15, 0.2) is 5.78 Å². The van der Waals surface area contributed by atoms with Crippen molar-refractivity contribution >= 4 is 17.4 Å². The first kappa shape index (κ1) is 20.5. The van der Waals surface area contributed by atoms with Gasteiger partial charge in [-0.05, 0) is 53.6 Å². The first-order chi connectivity index (χ1) is 15.0. The number of carbonyl (C=O) groups excluding carboxylic acids is 1. The molecule has 1 aliphatic heterocycles. The van der Waals surface area contributed by atoms with E-state index in [1.165, 1.54) is 0 Å². The Morgan fingerprint density at radius 2 is 1.68 bits per heavy atom. The van der Waals surface area contributed by atoms with Gasteiger partial charge in [-0.2, -0.15) is 0 Å². The van der Waals surface area contributed by atoms with Gasteiger partial charge in [-0.25, -0.2) is 0 Å². The largest absolute Gasteiger partial charge is 0.497 e. The number of aliphatic carboxylic acids is 1. The van der Waals surface area contributed by atoms with Gasteiger partial charge in [0.25, 0.3) is 0 Å². The topological polar surface area (TPSA) is 84.9 Å². The van der Waals surface area contributed by atoms with Gasteiger partial charge in [0.1, 0.15) is 18.1 Å². The van der Waals surface area contributed by atoms with Crippen molar-refractivity contribution in [2.75, 3.05) is 12.4 Å². The summed E-state index contributed by atoms with van der Waals surface area (Å²) in [4.78, 5) is 24.7. The average molecular weight is 417 g/mol. The Morgan fingerprint density at radius 1 is 0.968 bits per heavy atom. The molecule has 158 valence electrons. The molecule has 0 amide bonds. The number of Topliss-reactive ketones (excluding diaryl/α,β-unsaturated/α-hetero) is 1. The van der Waals surface area contributed by atoms with Gasteiger partial charge in [0.2, 0.25) is 0 Å². The van der Waals surface area contributed by atoms with Gasteiger partial charge in [0, 0.05) is 17.2 Å². The number of methoxy groups -OCH3 is 1. The molecule has 31 heavy (non-hydrogen) atoms. The van der Waals surface area contributed by atoms with E-state index in [2.05, 4.69) is 5.32 Å². The van der Waals surface area contributed by atoms with Crippen LogP contribution >= 0.6 is 0 Å². The minimum absolute atomic E-state index is 0.156. The predicted molar refractivity (Wildman–Crippen MR) is 117 cm³/mol. The van der Waals surface area contributed by atoms with Crippen molar-refractivity contribution in [1.29, 1.82) is 0 Å². The number of rotatable bonds is 8. The second-order valence-corrected chi connectivity index (χ2v) is 7.44. The molecule has 2 atom stereocenters. The molecule has 3 aromatic carbocycles. The van der Waals surface area contributed by atoms with Crippen molar-refractivity contribution < 1.29 is 24.2 Å². The summed E-state index contributed by atoms with van der Waals surface area (Å²) in [6.45, 7) is 0.408. The van der Waals surface area contributed by atoms with E-state index < -0.39 is 17.9 Å². The molecule has 6 heteroatoms. The average Bonchev–Trinajstić information content (AvgIpc) is 3.15. The number of ether oxygens (including phenoxy) is 2. The summed E-state index contributed by atoms with van der Waals surface area (Å²) < 4.78 is 11.1. The number of hydrogen-bond acceptors (Lipinski definition) is 5. The van der Waals surface area contributed by atoms with Crippen molar-refractivity contribution in [3.8, 4) is 11.5 Å². The van der Waals surface area contributed by atoms with E-state index in [1.807, 2.05) is 48.5 Å². The predicted octanol–water partition coefficient (Wildman–Crippen LogP) is 4.51. The molecule has 2 N–H and O–H groups in total. The van der Waals surface area contributed by atoms with E-state index in [4.69, 9.17) is 9.47 Å². The zero-order chi connectivity index (χ0) is 21.8. The molecule has 6 nitrogen and oxygen atoms in total. The van der Waals surface area contributed by atoms with E-state index in [0.29, 0.717) is 23.7 Å². The lowest BCUT2D eigenvalue weighted by Crippen LogP contribution is -2.32. The van der Waals surface area contributed by atoms with E-state index in [-0.39, 0.29) is 12.2 Å². The van der Waals surface area contributed by atoms with Crippen LogP contribution in [0.4, 0.5) is 5.69 Å². The number of fused-ring (bicyclic) bond motifs is 1. The summed E-state index contributed by atoms with van der Waals surface area (Å²) in [7, 11) is 1.56. The van der Waals surface area contributed by atoms with Gasteiger partial charge in [-0.1, -0.05) is 30.3 Å².